The van der Waals surface area contributed by atoms with Crippen molar-refractivity contribution in [2.75, 3.05) is 6.54 Å². The third-order valence-corrected chi connectivity index (χ3v) is 5.03. The summed E-state index contributed by atoms with van der Waals surface area (Å²) < 4.78 is 0.387. The predicted octanol–water partition coefficient (Wildman–Crippen LogP) is 4.42. The topological polar surface area (TPSA) is 37.4 Å². The minimum atomic E-state index is -0.255. The van der Waals surface area contributed by atoms with Crippen molar-refractivity contribution in [1.29, 1.82) is 0 Å². The molecule has 0 aromatic heterocycles. The minimum absolute atomic E-state index is 0.0540. The molecule has 1 aliphatic heterocycles. The Labute approximate surface area is 154 Å². The van der Waals surface area contributed by atoms with Crippen molar-refractivity contribution < 1.29 is 9.59 Å². The van der Waals surface area contributed by atoms with Gasteiger partial charge in [-0.25, -0.2) is 0 Å². The van der Waals surface area contributed by atoms with Crippen molar-refractivity contribution in [3.05, 3.63) is 75.7 Å². The second kappa shape index (κ2) is 7.30. The summed E-state index contributed by atoms with van der Waals surface area (Å²) in [6.45, 7) is -0.0540. The molecule has 1 saturated heterocycles. The Morgan fingerprint density at radius 1 is 1.17 bits per heavy atom. The number of benzene rings is 2. The molecular weight excluding hydrogens is 362 g/mol. The normalized spacial score (nSPS) is 16.0. The van der Waals surface area contributed by atoms with Crippen molar-refractivity contribution in [3.8, 4) is 0 Å². The number of amides is 1. The number of carbonyl (C=O) groups is 2. The molecule has 0 N–H and O–H groups in total. The van der Waals surface area contributed by atoms with E-state index in [0.717, 1.165) is 5.56 Å². The first-order chi connectivity index (χ1) is 11.5. The second-order valence-corrected chi connectivity index (χ2v) is 7.22. The maximum Gasteiger partial charge on any atom is 0.266 e. The maximum absolute atomic E-state index is 12.5. The molecule has 1 heterocycles. The van der Waals surface area contributed by atoms with E-state index in [1.54, 1.807) is 42.5 Å². The van der Waals surface area contributed by atoms with Crippen LogP contribution in [0.15, 0.2) is 59.5 Å². The molecule has 3 rings (SSSR count). The lowest BCUT2D eigenvalue weighted by molar-refractivity contribution is -0.121. The summed E-state index contributed by atoms with van der Waals surface area (Å²) in [4.78, 5) is 26.7. The van der Waals surface area contributed by atoms with E-state index in [1.807, 2.05) is 18.2 Å². The van der Waals surface area contributed by atoms with Crippen LogP contribution < -0.4 is 0 Å². The van der Waals surface area contributed by atoms with Gasteiger partial charge < -0.3 is 0 Å². The Morgan fingerprint density at radius 3 is 2.62 bits per heavy atom. The Kier molecular flexibility index (Phi) is 5.14. The predicted molar refractivity (Wildman–Crippen MR) is 102 cm³/mol. The Morgan fingerprint density at radius 2 is 1.92 bits per heavy atom. The van der Waals surface area contributed by atoms with Crippen molar-refractivity contribution in [2.45, 2.75) is 0 Å². The highest BCUT2D eigenvalue weighted by Gasteiger charge is 2.33. The van der Waals surface area contributed by atoms with Crippen LogP contribution in [0.1, 0.15) is 15.9 Å². The van der Waals surface area contributed by atoms with Gasteiger partial charge in [0.25, 0.3) is 5.91 Å². The molecule has 0 aliphatic carbocycles. The fourth-order valence-electron chi connectivity index (χ4n) is 2.24. The van der Waals surface area contributed by atoms with E-state index in [9.17, 15) is 9.59 Å². The summed E-state index contributed by atoms with van der Waals surface area (Å²) in [5, 5.41) is 0.596. The van der Waals surface area contributed by atoms with Gasteiger partial charge in [0, 0.05) is 10.6 Å². The van der Waals surface area contributed by atoms with Gasteiger partial charge in [-0.15, -0.1) is 0 Å². The molecule has 24 heavy (non-hydrogen) atoms. The molecule has 0 radical (unpaired) electrons. The van der Waals surface area contributed by atoms with Crippen LogP contribution >= 0.6 is 35.6 Å². The Bertz CT molecular complexity index is 849. The van der Waals surface area contributed by atoms with Crippen LogP contribution in [0.4, 0.5) is 0 Å². The zero-order valence-electron chi connectivity index (χ0n) is 12.4. The number of thiocarbonyl (C=S) groups is 1. The van der Waals surface area contributed by atoms with E-state index < -0.39 is 0 Å². The second-order valence-electron chi connectivity index (χ2n) is 5.11. The number of Topliss-reactive ketones (excluding diaryl/α,β-unsaturated/α-hetero) is 1. The van der Waals surface area contributed by atoms with E-state index in [4.69, 9.17) is 23.8 Å². The molecular formula is C18H12ClNO2S2. The summed E-state index contributed by atoms with van der Waals surface area (Å²) in [5.41, 5.74) is 1.38. The van der Waals surface area contributed by atoms with Gasteiger partial charge in [0.05, 0.1) is 11.4 Å². The number of halogens is 1. The van der Waals surface area contributed by atoms with Crippen LogP contribution in [0.25, 0.3) is 6.08 Å². The van der Waals surface area contributed by atoms with E-state index in [2.05, 4.69) is 0 Å². The van der Waals surface area contributed by atoms with Gasteiger partial charge in [-0.3, -0.25) is 14.5 Å². The van der Waals surface area contributed by atoms with E-state index >= 15 is 0 Å². The summed E-state index contributed by atoms with van der Waals surface area (Å²) >= 11 is 12.4. The molecule has 6 heteroatoms. The molecule has 0 saturated carbocycles. The highest BCUT2D eigenvalue weighted by molar-refractivity contribution is 8.26. The lowest BCUT2D eigenvalue weighted by Crippen LogP contribution is -2.33. The van der Waals surface area contributed by atoms with Gasteiger partial charge in [-0.1, -0.05) is 78.0 Å². The number of hydrogen-bond acceptors (Lipinski definition) is 4. The zero-order chi connectivity index (χ0) is 17.1. The summed E-state index contributed by atoms with van der Waals surface area (Å²) in [5.74, 6) is -0.398. The monoisotopic (exact) mass is 373 g/mol. The summed E-state index contributed by atoms with van der Waals surface area (Å²) in [6, 6.07) is 16.1. The maximum atomic E-state index is 12.5. The number of hydrogen-bond donors (Lipinski definition) is 0. The van der Waals surface area contributed by atoms with Crippen molar-refractivity contribution in [3.63, 3.8) is 0 Å². The fourth-order valence-corrected chi connectivity index (χ4v) is 3.70. The third-order valence-electron chi connectivity index (χ3n) is 3.42. The Hall–Kier alpha value is -1.95. The molecule has 0 unspecified atom stereocenters. The number of nitrogens with zero attached hydrogens (tertiary/aromatic N) is 1. The third kappa shape index (κ3) is 3.75. The number of carbonyl (C=O) groups excluding carboxylic acids is 2. The molecule has 0 atom stereocenters. The molecule has 0 spiro atoms. The van der Waals surface area contributed by atoms with E-state index in [0.29, 0.717) is 19.8 Å². The number of rotatable bonds is 4. The molecule has 2 aromatic rings. The van der Waals surface area contributed by atoms with E-state index in [1.165, 1.54) is 16.7 Å². The lowest BCUT2D eigenvalue weighted by atomic mass is 10.1. The standard InChI is InChI=1S/C18H12ClNO2S2/c19-14-8-4-5-12(9-14)10-16-17(22)20(18(23)24-16)11-15(21)13-6-2-1-3-7-13/h1-10H,11H2/b16-10+. The molecule has 120 valence electrons. The number of thioether (sulfide) groups is 1. The SMILES string of the molecule is O=C(CN1C(=O)/C(=C\c2cccc(Cl)c2)SC1=S)c1ccccc1. The van der Waals surface area contributed by atoms with E-state index in [-0.39, 0.29) is 18.2 Å². The van der Waals surface area contributed by atoms with Gasteiger partial charge >= 0.3 is 0 Å². The van der Waals surface area contributed by atoms with Gasteiger partial charge in [-0.05, 0) is 23.8 Å². The summed E-state index contributed by atoms with van der Waals surface area (Å²) in [6.07, 6.45) is 1.73. The van der Waals surface area contributed by atoms with Crippen LogP contribution in [0.2, 0.25) is 5.02 Å². The van der Waals surface area contributed by atoms with Gasteiger partial charge in [0.15, 0.2) is 5.78 Å². The van der Waals surface area contributed by atoms with Crippen molar-refractivity contribution in [1.82, 2.24) is 4.90 Å². The van der Waals surface area contributed by atoms with Crippen LogP contribution in [0.3, 0.4) is 0 Å². The van der Waals surface area contributed by atoms with Gasteiger partial charge in [0.2, 0.25) is 0 Å². The van der Waals surface area contributed by atoms with Crippen LogP contribution in [-0.2, 0) is 4.79 Å². The van der Waals surface area contributed by atoms with Gasteiger partial charge in [-0.2, -0.15) is 0 Å². The molecule has 1 aliphatic rings. The highest BCUT2D eigenvalue weighted by atomic mass is 35.5. The molecule has 2 aromatic carbocycles. The van der Waals surface area contributed by atoms with Crippen molar-refractivity contribution >= 4 is 57.7 Å². The Balaban J connectivity index is 1.78. The van der Waals surface area contributed by atoms with Gasteiger partial charge in [0.1, 0.15) is 4.32 Å². The molecule has 0 bridgehead atoms. The quantitative estimate of drug-likeness (QED) is 0.451. The molecule has 1 fully saturated rings. The minimum Gasteiger partial charge on any atom is -0.292 e. The fraction of sp³-hybridized carbons (Fsp3) is 0.0556. The first-order valence-corrected chi connectivity index (χ1v) is 8.74. The van der Waals surface area contributed by atoms with Crippen LogP contribution in [0.5, 0.6) is 0 Å². The lowest BCUT2D eigenvalue weighted by Gasteiger charge is -2.13. The smallest absolute Gasteiger partial charge is 0.266 e. The zero-order valence-corrected chi connectivity index (χ0v) is 14.8. The first-order valence-electron chi connectivity index (χ1n) is 7.14. The largest absolute Gasteiger partial charge is 0.292 e. The first kappa shape index (κ1) is 16.9. The average Bonchev–Trinajstić information content (AvgIpc) is 2.83. The highest BCUT2D eigenvalue weighted by Crippen LogP contribution is 2.32. The average molecular weight is 374 g/mol. The van der Waals surface area contributed by atoms with Crippen LogP contribution in [-0.4, -0.2) is 27.5 Å². The molecule has 3 nitrogen and oxygen atoms in total. The molecule has 1 amide bonds. The van der Waals surface area contributed by atoms with Crippen LogP contribution in [0, 0.1) is 0 Å². The summed E-state index contributed by atoms with van der Waals surface area (Å²) in [7, 11) is 0. The van der Waals surface area contributed by atoms with Crippen molar-refractivity contribution in [2.24, 2.45) is 0 Å². The number of ketones is 1.